The van der Waals surface area contributed by atoms with Crippen molar-refractivity contribution in [1.82, 2.24) is 15.5 Å². The first-order valence-corrected chi connectivity index (χ1v) is 11.0. The molecule has 29 heavy (non-hydrogen) atoms. The minimum Gasteiger partial charge on any atom is -0.456 e. The number of nitrogens with one attached hydrogen (secondary N) is 2. The minimum atomic E-state index is -0.477. The summed E-state index contributed by atoms with van der Waals surface area (Å²) in [5, 5.41) is 6.00. The molecule has 1 atom stereocenters. The Labute approximate surface area is 172 Å². The van der Waals surface area contributed by atoms with Crippen LogP contribution >= 0.6 is 0 Å². The number of urea groups is 1. The summed E-state index contributed by atoms with van der Waals surface area (Å²) in [6.45, 7) is 3.40. The van der Waals surface area contributed by atoms with E-state index in [1.807, 2.05) is 6.92 Å². The number of nitrogens with zero attached hydrogens (tertiary/aromatic N) is 1. The third-order valence-electron chi connectivity index (χ3n) is 6.98. The number of hydrogen-bond acceptors (Lipinski definition) is 5. The highest BCUT2D eigenvalue weighted by molar-refractivity contribution is 5.81. The predicted octanol–water partition coefficient (Wildman–Crippen LogP) is 1.44. The van der Waals surface area contributed by atoms with Crippen LogP contribution in [0.3, 0.4) is 0 Å². The standard InChI is InChI=1S/C21H33N3O5/c1-14-12-24(4-5-28-14)18(25)13-29-19(26)2-3-22-20(27)23-21-9-15-6-16(10-21)8-17(7-15)11-21/h14-17H,2-13H2,1H3,(H2,22,23,27). The van der Waals surface area contributed by atoms with Crippen molar-refractivity contribution in [3.8, 4) is 0 Å². The molecule has 2 N–H and O–H groups in total. The van der Waals surface area contributed by atoms with E-state index < -0.39 is 5.97 Å². The van der Waals surface area contributed by atoms with Crippen molar-refractivity contribution in [2.45, 2.75) is 63.5 Å². The van der Waals surface area contributed by atoms with E-state index in [0.29, 0.717) is 19.7 Å². The molecule has 5 aliphatic rings. The van der Waals surface area contributed by atoms with Crippen molar-refractivity contribution >= 4 is 17.9 Å². The number of hydrogen-bond donors (Lipinski definition) is 2. The van der Waals surface area contributed by atoms with Crippen molar-refractivity contribution in [1.29, 1.82) is 0 Å². The Balaban J connectivity index is 1.13. The van der Waals surface area contributed by atoms with E-state index in [1.54, 1.807) is 4.90 Å². The molecule has 1 heterocycles. The Kier molecular flexibility index (Phi) is 5.99. The van der Waals surface area contributed by atoms with Gasteiger partial charge in [-0.1, -0.05) is 0 Å². The average molecular weight is 408 g/mol. The number of ether oxygens (including phenoxy) is 2. The third kappa shape index (κ3) is 5.02. The van der Waals surface area contributed by atoms with Gasteiger partial charge in [0.15, 0.2) is 6.61 Å². The number of carbonyl (C=O) groups excluding carboxylic acids is 3. The van der Waals surface area contributed by atoms with Crippen LogP contribution in [0, 0.1) is 17.8 Å². The summed E-state index contributed by atoms with van der Waals surface area (Å²) in [7, 11) is 0. The molecular formula is C21H33N3O5. The number of amides is 3. The van der Waals surface area contributed by atoms with Gasteiger partial charge >= 0.3 is 12.0 Å². The number of morpholine rings is 1. The van der Waals surface area contributed by atoms with Crippen LogP contribution in [0.5, 0.6) is 0 Å². The van der Waals surface area contributed by atoms with Crippen LogP contribution in [0.1, 0.15) is 51.9 Å². The fourth-order valence-corrected chi connectivity index (χ4v) is 6.18. The van der Waals surface area contributed by atoms with Crippen LogP contribution in [0.25, 0.3) is 0 Å². The van der Waals surface area contributed by atoms with Crippen molar-refractivity contribution in [3.05, 3.63) is 0 Å². The molecule has 162 valence electrons. The van der Waals surface area contributed by atoms with Crippen molar-refractivity contribution in [2.75, 3.05) is 32.8 Å². The summed E-state index contributed by atoms with van der Waals surface area (Å²) < 4.78 is 10.5. The van der Waals surface area contributed by atoms with Crippen molar-refractivity contribution < 1.29 is 23.9 Å². The first kappa shape index (κ1) is 20.4. The van der Waals surface area contributed by atoms with Crippen LogP contribution in [0.4, 0.5) is 4.79 Å². The van der Waals surface area contributed by atoms with E-state index in [4.69, 9.17) is 9.47 Å². The molecule has 0 spiro atoms. The molecule has 1 saturated heterocycles. The third-order valence-corrected chi connectivity index (χ3v) is 6.98. The van der Waals surface area contributed by atoms with Gasteiger partial charge in [0.2, 0.25) is 0 Å². The van der Waals surface area contributed by atoms with Gasteiger partial charge in [-0.15, -0.1) is 0 Å². The van der Waals surface area contributed by atoms with Gasteiger partial charge in [-0.2, -0.15) is 0 Å². The maximum atomic E-state index is 12.4. The highest BCUT2D eigenvalue weighted by atomic mass is 16.5. The molecule has 8 heteroatoms. The average Bonchev–Trinajstić information content (AvgIpc) is 2.64. The van der Waals surface area contributed by atoms with Crippen LogP contribution in [0.2, 0.25) is 0 Å². The lowest BCUT2D eigenvalue weighted by Gasteiger charge is -2.56. The van der Waals surface area contributed by atoms with Gasteiger partial charge in [0.1, 0.15) is 0 Å². The van der Waals surface area contributed by atoms with E-state index in [-0.39, 0.29) is 43.2 Å². The lowest BCUT2D eigenvalue weighted by molar-refractivity contribution is -0.154. The summed E-state index contributed by atoms with van der Waals surface area (Å²) in [4.78, 5) is 38.0. The quantitative estimate of drug-likeness (QED) is 0.650. The molecule has 8 nitrogen and oxygen atoms in total. The number of carbonyl (C=O) groups is 3. The first-order valence-electron chi connectivity index (χ1n) is 11.0. The van der Waals surface area contributed by atoms with Gasteiger partial charge in [-0.05, 0) is 63.2 Å². The first-order chi connectivity index (χ1) is 13.9. The Bertz CT molecular complexity index is 617. The van der Waals surface area contributed by atoms with E-state index in [9.17, 15) is 14.4 Å². The highest BCUT2D eigenvalue weighted by Crippen LogP contribution is 2.55. The van der Waals surface area contributed by atoms with Crippen LogP contribution in [-0.2, 0) is 19.1 Å². The number of esters is 1. The monoisotopic (exact) mass is 407 g/mol. The largest absolute Gasteiger partial charge is 0.456 e. The maximum absolute atomic E-state index is 12.4. The summed E-state index contributed by atoms with van der Waals surface area (Å²) in [6.07, 6.45) is 7.33. The molecular weight excluding hydrogens is 374 g/mol. The Hall–Kier alpha value is -1.83. The summed E-state index contributed by atoms with van der Waals surface area (Å²) >= 11 is 0. The molecule has 0 aromatic rings. The normalized spacial score (nSPS) is 35.3. The van der Waals surface area contributed by atoms with Gasteiger partial charge in [-0.25, -0.2) is 4.79 Å². The van der Waals surface area contributed by atoms with Crippen molar-refractivity contribution in [2.24, 2.45) is 17.8 Å². The summed E-state index contributed by atoms with van der Waals surface area (Å²) in [5.74, 6) is 1.62. The van der Waals surface area contributed by atoms with Crippen LogP contribution in [-0.4, -0.2) is 67.3 Å². The summed E-state index contributed by atoms with van der Waals surface area (Å²) in [6, 6.07) is -0.196. The highest BCUT2D eigenvalue weighted by Gasteiger charge is 2.51. The molecule has 4 aliphatic carbocycles. The second-order valence-corrected chi connectivity index (χ2v) is 9.51. The molecule has 1 unspecified atom stereocenters. The number of rotatable bonds is 6. The summed E-state index contributed by atoms with van der Waals surface area (Å²) in [5.41, 5.74) is -0.0406. The van der Waals surface area contributed by atoms with Crippen LogP contribution in [0.15, 0.2) is 0 Å². The predicted molar refractivity (Wildman–Crippen MR) is 105 cm³/mol. The Morgan fingerprint density at radius 3 is 2.38 bits per heavy atom. The molecule has 4 saturated carbocycles. The van der Waals surface area contributed by atoms with E-state index >= 15 is 0 Å². The zero-order chi connectivity index (χ0) is 20.4. The fourth-order valence-electron chi connectivity index (χ4n) is 6.18. The zero-order valence-electron chi connectivity index (χ0n) is 17.3. The van der Waals surface area contributed by atoms with Gasteiger partial charge in [0.25, 0.3) is 5.91 Å². The molecule has 5 rings (SSSR count). The molecule has 3 amide bonds. The van der Waals surface area contributed by atoms with Gasteiger partial charge in [-0.3, -0.25) is 9.59 Å². The molecule has 4 bridgehead atoms. The second kappa shape index (κ2) is 8.50. The van der Waals surface area contributed by atoms with E-state index in [0.717, 1.165) is 37.0 Å². The molecule has 0 radical (unpaired) electrons. The van der Waals surface area contributed by atoms with E-state index in [1.165, 1.54) is 19.3 Å². The SMILES string of the molecule is CC1CN(C(=O)COC(=O)CCNC(=O)NC23CC4CC(CC(C4)C2)C3)CCO1. The zero-order valence-corrected chi connectivity index (χ0v) is 17.3. The van der Waals surface area contributed by atoms with E-state index in [2.05, 4.69) is 10.6 Å². The lowest BCUT2D eigenvalue weighted by Crippen LogP contribution is -2.61. The smallest absolute Gasteiger partial charge is 0.315 e. The lowest BCUT2D eigenvalue weighted by atomic mass is 9.53. The molecule has 1 aliphatic heterocycles. The van der Waals surface area contributed by atoms with Gasteiger partial charge in [0.05, 0.1) is 19.1 Å². The second-order valence-electron chi connectivity index (χ2n) is 9.51. The maximum Gasteiger partial charge on any atom is 0.315 e. The van der Waals surface area contributed by atoms with Gasteiger partial charge < -0.3 is 25.0 Å². The molecule has 5 fully saturated rings. The molecule has 0 aromatic carbocycles. The molecule has 0 aromatic heterocycles. The minimum absolute atomic E-state index is 0.0000798. The Morgan fingerprint density at radius 2 is 1.76 bits per heavy atom. The Morgan fingerprint density at radius 1 is 1.10 bits per heavy atom. The van der Waals surface area contributed by atoms with Crippen molar-refractivity contribution in [3.63, 3.8) is 0 Å². The fraction of sp³-hybridized carbons (Fsp3) is 0.857. The van der Waals surface area contributed by atoms with Gasteiger partial charge in [0, 0.05) is 25.2 Å². The topological polar surface area (TPSA) is 97.0 Å². The van der Waals surface area contributed by atoms with Crippen LogP contribution < -0.4 is 10.6 Å².